The van der Waals surface area contributed by atoms with Gasteiger partial charge in [0, 0.05) is 24.6 Å². The smallest absolute Gasteiger partial charge is 0.253 e. The summed E-state index contributed by atoms with van der Waals surface area (Å²) in [5, 5.41) is 2.65. The van der Waals surface area contributed by atoms with Gasteiger partial charge in [0.25, 0.3) is 5.91 Å². The minimum atomic E-state index is -0.441. The van der Waals surface area contributed by atoms with E-state index in [2.05, 4.69) is 5.32 Å². The zero-order chi connectivity index (χ0) is 18.7. The van der Waals surface area contributed by atoms with Crippen LogP contribution in [0.15, 0.2) is 42.5 Å². The Kier molecular flexibility index (Phi) is 5.35. The summed E-state index contributed by atoms with van der Waals surface area (Å²) in [5.74, 6) is -0.837. The molecule has 0 radical (unpaired) electrons. The highest BCUT2D eigenvalue weighted by molar-refractivity contribution is 5.95. The van der Waals surface area contributed by atoms with E-state index in [4.69, 9.17) is 0 Å². The molecule has 0 atom stereocenters. The van der Waals surface area contributed by atoms with Gasteiger partial charge in [0.15, 0.2) is 0 Å². The molecule has 0 bridgehead atoms. The van der Waals surface area contributed by atoms with Crippen molar-refractivity contribution in [3.05, 3.63) is 65.0 Å². The van der Waals surface area contributed by atoms with Crippen molar-refractivity contribution in [2.45, 2.75) is 26.7 Å². The molecule has 2 aromatic rings. The zero-order valence-corrected chi connectivity index (χ0v) is 15.1. The van der Waals surface area contributed by atoms with Crippen LogP contribution < -0.4 is 5.32 Å². The Bertz CT molecular complexity index is 827. The van der Waals surface area contributed by atoms with Crippen molar-refractivity contribution >= 4 is 17.5 Å². The van der Waals surface area contributed by atoms with Crippen molar-refractivity contribution in [2.75, 3.05) is 18.4 Å². The molecule has 2 amide bonds. The van der Waals surface area contributed by atoms with E-state index in [9.17, 15) is 14.0 Å². The fraction of sp³-hybridized carbons (Fsp3) is 0.333. The van der Waals surface area contributed by atoms with Crippen LogP contribution in [-0.2, 0) is 4.79 Å². The molecule has 136 valence electrons. The van der Waals surface area contributed by atoms with Crippen molar-refractivity contribution < 1.29 is 14.0 Å². The van der Waals surface area contributed by atoms with Crippen LogP contribution in [0.1, 0.15) is 34.3 Å². The molecular weight excluding hydrogens is 331 g/mol. The molecule has 0 saturated carbocycles. The number of halogens is 1. The number of aryl methyl sites for hydroxylation is 2. The van der Waals surface area contributed by atoms with Gasteiger partial charge < -0.3 is 10.2 Å². The highest BCUT2D eigenvalue weighted by atomic mass is 19.1. The molecule has 1 aliphatic heterocycles. The van der Waals surface area contributed by atoms with E-state index < -0.39 is 5.82 Å². The van der Waals surface area contributed by atoms with E-state index in [-0.39, 0.29) is 23.4 Å². The first-order valence-electron chi connectivity index (χ1n) is 8.87. The molecule has 0 spiro atoms. The number of para-hydroxylation sites is 1. The number of likely N-dealkylation sites (tertiary alicyclic amines) is 1. The van der Waals surface area contributed by atoms with Crippen molar-refractivity contribution in [3.63, 3.8) is 0 Å². The lowest BCUT2D eigenvalue weighted by Gasteiger charge is -2.31. The monoisotopic (exact) mass is 354 g/mol. The number of carbonyl (C=O) groups excluding carboxylic acids is 2. The summed E-state index contributed by atoms with van der Waals surface area (Å²) in [4.78, 5) is 26.8. The molecule has 1 fully saturated rings. The lowest BCUT2D eigenvalue weighted by molar-refractivity contribution is -0.121. The molecule has 0 aliphatic carbocycles. The standard InChI is InChI=1S/C21H23FN2O2/c1-14-7-8-17(13-15(14)2)21(26)24-11-9-16(10-12-24)20(25)23-19-6-4-3-5-18(19)22/h3-8,13,16H,9-12H2,1-2H3,(H,23,25). The highest BCUT2D eigenvalue weighted by Crippen LogP contribution is 2.22. The summed E-state index contributed by atoms with van der Waals surface area (Å²) < 4.78 is 13.7. The Labute approximate surface area is 153 Å². The third-order valence-corrected chi connectivity index (χ3v) is 5.04. The van der Waals surface area contributed by atoms with Crippen LogP contribution in [0.2, 0.25) is 0 Å². The van der Waals surface area contributed by atoms with Crippen LogP contribution in [0.4, 0.5) is 10.1 Å². The van der Waals surface area contributed by atoms with Gasteiger partial charge in [-0.25, -0.2) is 4.39 Å². The largest absolute Gasteiger partial charge is 0.339 e. The summed E-state index contributed by atoms with van der Waals surface area (Å²) in [5.41, 5.74) is 3.13. The highest BCUT2D eigenvalue weighted by Gasteiger charge is 2.28. The van der Waals surface area contributed by atoms with Gasteiger partial charge in [-0.2, -0.15) is 0 Å². The van der Waals surface area contributed by atoms with Crippen LogP contribution >= 0.6 is 0 Å². The third-order valence-electron chi connectivity index (χ3n) is 5.04. The van der Waals surface area contributed by atoms with Gasteiger partial charge in [0.2, 0.25) is 5.91 Å². The molecule has 3 rings (SSSR count). The second kappa shape index (κ2) is 7.68. The average molecular weight is 354 g/mol. The van der Waals surface area contributed by atoms with E-state index in [1.54, 1.807) is 23.1 Å². The van der Waals surface area contributed by atoms with Crippen LogP contribution in [0, 0.1) is 25.6 Å². The molecule has 5 heteroatoms. The average Bonchev–Trinajstić information content (AvgIpc) is 2.65. The SMILES string of the molecule is Cc1ccc(C(=O)N2CCC(C(=O)Nc3ccccc3F)CC2)cc1C. The maximum absolute atomic E-state index is 13.7. The number of anilines is 1. The van der Waals surface area contributed by atoms with Crippen molar-refractivity contribution in [1.82, 2.24) is 4.90 Å². The number of carbonyl (C=O) groups is 2. The predicted octanol–water partition coefficient (Wildman–Crippen LogP) is 3.93. The second-order valence-electron chi connectivity index (χ2n) is 6.83. The molecule has 1 saturated heterocycles. The van der Waals surface area contributed by atoms with E-state index in [0.29, 0.717) is 31.5 Å². The van der Waals surface area contributed by atoms with E-state index >= 15 is 0 Å². The Morgan fingerprint density at radius 3 is 2.38 bits per heavy atom. The normalized spacial score (nSPS) is 15.0. The van der Waals surface area contributed by atoms with Crippen LogP contribution in [0.25, 0.3) is 0 Å². The summed E-state index contributed by atoms with van der Waals surface area (Å²) in [6.07, 6.45) is 1.16. The van der Waals surface area contributed by atoms with Gasteiger partial charge >= 0.3 is 0 Å². The Morgan fingerprint density at radius 1 is 1.04 bits per heavy atom. The Balaban J connectivity index is 1.58. The molecule has 1 N–H and O–H groups in total. The minimum absolute atomic E-state index is 0.000983. The predicted molar refractivity (Wildman–Crippen MR) is 99.6 cm³/mol. The van der Waals surface area contributed by atoms with Gasteiger partial charge in [0.1, 0.15) is 5.82 Å². The van der Waals surface area contributed by atoms with Crippen molar-refractivity contribution in [1.29, 1.82) is 0 Å². The molecule has 1 heterocycles. The van der Waals surface area contributed by atoms with Gasteiger partial charge in [-0.3, -0.25) is 9.59 Å². The van der Waals surface area contributed by atoms with Crippen molar-refractivity contribution in [2.24, 2.45) is 5.92 Å². The third kappa shape index (κ3) is 3.93. The number of hydrogen-bond donors (Lipinski definition) is 1. The van der Waals surface area contributed by atoms with Gasteiger partial charge in [-0.05, 0) is 62.1 Å². The summed E-state index contributed by atoms with van der Waals surface area (Å²) >= 11 is 0. The molecule has 2 aromatic carbocycles. The van der Waals surface area contributed by atoms with Crippen LogP contribution in [0.3, 0.4) is 0 Å². The molecular formula is C21H23FN2O2. The minimum Gasteiger partial charge on any atom is -0.339 e. The molecule has 4 nitrogen and oxygen atoms in total. The van der Waals surface area contributed by atoms with Gasteiger partial charge in [-0.15, -0.1) is 0 Å². The topological polar surface area (TPSA) is 49.4 Å². The number of nitrogens with one attached hydrogen (secondary N) is 1. The first-order chi connectivity index (χ1) is 12.5. The van der Waals surface area contributed by atoms with Crippen molar-refractivity contribution in [3.8, 4) is 0 Å². The summed E-state index contributed by atoms with van der Waals surface area (Å²) in [6.45, 7) is 5.07. The first kappa shape index (κ1) is 18.1. The second-order valence-corrected chi connectivity index (χ2v) is 6.83. The Hall–Kier alpha value is -2.69. The van der Waals surface area contributed by atoms with E-state index in [1.165, 1.54) is 6.07 Å². The molecule has 1 aliphatic rings. The van der Waals surface area contributed by atoms with Crippen LogP contribution in [-0.4, -0.2) is 29.8 Å². The van der Waals surface area contributed by atoms with E-state index in [1.807, 2.05) is 32.0 Å². The number of hydrogen-bond acceptors (Lipinski definition) is 2. The number of piperidine rings is 1. The molecule has 0 aromatic heterocycles. The zero-order valence-electron chi connectivity index (χ0n) is 15.1. The van der Waals surface area contributed by atoms with Gasteiger partial charge in [0.05, 0.1) is 5.69 Å². The summed E-state index contributed by atoms with van der Waals surface area (Å²) in [7, 11) is 0. The number of rotatable bonds is 3. The quantitative estimate of drug-likeness (QED) is 0.908. The first-order valence-corrected chi connectivity index (χ1v) is 8.87. The van der Waals surface area contributed by atoms with Gasteiger partial charge in [-0.1, -0.05) is 18.2 Å². The fourth-order valence-electron chi connectivity index (χ4n) is 3.20. The molecule has 26 heavy (non-hydrogen) atoms. The lowest BCUT2D eigenvalue weighted by atomic mass is 9.95. The number of benzene rings is 2. The lowest BCUT2D eigenvalue weighted by Crippen LogP contribution is -2.41. The maximum Gasteiger partial charge on any atom is 0.253 e. The van der Waals surface area contributed by atoms with E-state index in [0.717, 1.165) is 11.1 Å². The number of nitrogens with zero attached hydrogens (tertiary/aromatic N) is 1. The Morgan fingerprint density at radius 2 is 1.73 bits per heavy atom. The molecule has 0 unspecified atom stereocenters. The van der Waals surface area contributed by atoms with Crippen LogP contribution in [0.5, 0.6) is 0 Å². The maximum atomic E-state index is 13.7. The summed E-state index contributed by atoms with van der Waals surface area (Å²) in [6, 6.07) is 11.9. The fourth-order valence-corrected chi connectivity index (χ4v) is 3.20. The number of amides is 2.